The topological polar surface area (TPSA) is 169 Å². The number of allylic oxidation sites excluding steroid dienone is 4. The van der Waals surface area contributed by atoms with Gasteiger partial charge in [-0.3, -0.25) is 19.2 Å². The number of ether oxygens (including phenoxy) is 4. The molecule has 12 heteroatoms. The Hall–Kier alpha value is -3.22. The van der Waals surface area contributed by atoms with Crippen molar-refractivity contribution in [2.75, 3.05) is 6.61 Å². The molecule has 5 atom stereocenters. The maximum atomic E-state index is 15.0. The molecule has 3 rings (SSSR count). The molecule has 0 radical (unpaired) electrons. The van der Waals surface area contributed by atoms with Crippen molar-refractivity contribution in [2.24, 2.45) is 44.3 Å². The first kappa shape index (κ1) is 56.1. The van der Waals surface area contributed by atoms with Crippen LogP contribution in [0, 0.1) is 44.3 Å². The van der Waals surface area contributed by atoms with Gasteiger partial charge in [-0.05, 0) is 117 Å². The van der Waals surface area contributed by atoms with Crippen LogP contribution in [0.25, 0.3) is 0 Å². The molecule has 0 bridgehead atoms. The third kappa shape index (κ3) is 16.5. The Morgan fingerprint density at radius 1 is 0.677 bits per heavy atom. The lowest BCUT2D eigenvalue weighted by atomic mass is 9.80. The number of aliphatic hydroxyl groups excluding tert-OH is 2. The quantitative estimate of drug-likeness (QED) is 0.0581. The van der Waals surface area contributed by atoms with E-state index in [2.05, 4.69) is 40.7 Å². The molecule has 65 heavy (non-hydrogen) atoms. The Morgan fingerprint density at radius 2 is 1.12 bits per heavy atom. The van der Waals surface area contributed by atoms with E-state index in [-0.39, 0.29) is 35.7 Å². The second-order valence-corrected chi connectivity index (χ2v) is 25.8. The van der Waals surface area contributed by atoms with Gasteiger partial charge in [0.05, 0.1) is 37.5 Å². The third-order valence-electron chi connectivity index (χ3n) is 14.0. The minimum absolute atomic E-state index is 0.132. The van der Waals surface area contributed by atoms with Gasteiger partial charge in [0.1, 0.15) is 24.4 Å². The van der Waals surface area contributed by atoms with Crippen LogP contribution in [0.4, 0.5) is 0 Å². The summed E-state index contributed by atoms with van der Waals surface area (Å²) in [5, 5.41) is 32.3. The van der Waals surface area contributed by atoms with Crippen molar-refractivity contribution >= 4 is 23.9 Å². The van der Waals surface area contributed by atoms with Crippen LogP contribution in [0.2, 0.25) is 0 Å². The van der Waals surface area contributed by atoms with E-state index in [9.17, 15) is 29.8 Å². The van der Waals surface area contributed by atoms with Crippen LogP contribution in [0.1, 0.15) is 189 Å². The van der Waals surface area contributed by atoms with E-state index >= 15 is 4.79 Å². The van der Waals surface area contributed by atoms with Crippen LogP contribution in [-0.2, 0) is 38.1 Å². The number of hydroxylamine groups is 2. The van der Waals surface area contributed by atoms with Crippen LogP contribution < -0.4 is 0 Å². The van der Waals surface area contributed by atoms with Gasteiger partial charge in [-0.1, -0.05) is 108 Å². The first-order valence-corrected chi connectivity index (χ1v) is 24.0. The van der Waals surface area contributed by atoms with Crippen molar-refractivity contribution < 1.29 is 53.5 Å². The smallest absolute Gasteiger partial charge is 0.310 e. The summed E-state index contributed by atoms with van der Waals surface area (Å²) in [5.41, 5.74) is -1.94. The van der Waals surface area contributed by atoms with E-state index < -0.39 is 100 Å². The Balaban J connectivity index is 2.15. The fraction of sp³-hybridized carbons (Fsp3) is 0.811. The number of aliphatic hydroxyl groups is 2. The number of carbonyl (C=O) groups excluding carboxylic acids is 4. The van der Waals surface area contributed by atoms with E-state index in [1.165, 1.54) is 10.6 Å². The van der Waals surface area contributed by atoms with Gasteiger partial charge in [0.2, 0.25) is 0 Å². The SMILES string of the molecule is CC1=CC(C)(C)CC(OC(=O)C(CC(=O)OC2CC(C)(C)C=C(CO)C(C)(C)C2)C(CC(=O)OC(CC(C)(C)C)CC(C)(C)/C=C/O)C(=O)OC2CC(C)(C)N(O)C(C)(C)C2)CC1(C)C. The van der Waals surface area contributed by atoms with Gasteiger partial charge in [0, 0.05) is 23.9 Å². The summed E-state index contributed by atoms with van der Waals surface area (Å²) in [4.78, 5) is 58.8. The summed E-state index contributed by atoms with van der Waals surface area (Å²) < 4.78 is 25.2. The molecular formula is C53H89NO11. The maximum absolute atomic E-state index is 15.0. The van der Waals surface area contributed by atoms with Gasteiger partial charge in [-0.15, -0.1) is 0 Å². The summed E-state index contributed by atoms with van der Waals surface area (Å²) in [6, 6.07) is 0. The highest BCUT2D eigenvalue weighted by Gasteiger charge is 2.49. The molecule has 3 N–H and O–H groups in total. The standard InChI is InChI=1S/C53H89NO11/c1-34-23-48(7,8)28-38(29-50(34,11)12)64-44(59)40(22-43(58)63-37-27-49(9,10)24-35(33-56)51(13,14)30-37)41(45(60)65-39-31-52(15,16)54(61)53(17,18)32-39)21-42(57)62-36(25-46(2,3)4)26-47(5,6)19-20-55/h19-20,23-24,36-41,55-56,61H,21-22,25-33H2,1-18H3/b20-19+. The van der Waals surface area contributed by atoms with Gasteiger partial charge >= 0.3 is 23.9 Å². The molecule has 1 heterocycles. The Kier molecular flexibility index (Phi) is 17.7. The summed E-state index contributed by atoms with van der Waals surface area (Å²) >= 11 is 0. The Bertz CT molecular complexity index is 1770. The third-order valence-corrected chi connectivity index (χ3v) is 14.0. The van der Waals surface area contributed by atoms with Crippen molar-refractivity contribution in [2.45, 2.75) is 224 Å². The molecule has 3 aliphatic rings. The number of carbonyl (C=O) groups is 4. The molecule has 0 amide bonds. The van der Waals surface area contributed by atoms with Gasteiger partial charge in [-0.2, -0.15) is 5.06 Å². The number of nitrogens with zero attached hydrogens (tertiary/aromatic N) is 1. The zero-order valence-corrected chi connectivity index (χ0v) is 43.6. The summed E-state index contributed by atoms with van der Waals surface area (Å²) in [6.07, 6.45) is 6.51. The predicted octanol–water partition coefficient (Wildman–Crippen LogP) is 11.2. The molecule has 0 saturated carbocycles. The highest BCUT2D eigenvalue weighted by Crippen LogP contribution is 2.45. The van der Waals surface area contributed by atoms with E-state index in [4.69, 9.17) is 18.9 Å². The molecule has 0 aromatic heterocycles. The van der Waals surface area contributed by atoms with Crippen molar-refractivity contribution in [1.29, 1.82) is 0 Å². The highest BCUT2D eigenvalue weighted by molar-refractivity contribution is 5.89. The Labute approximate surface area is 392 Å². The lowest BCUT2D eigenvalue weighted by Crippen LogP contribution is -2.60. The Morgan fingerprint density at radius 3 is 1.60 bits per heavy atom. The molecule has 372 valence electrons. The van der Waals surface area contributed by atoms with Gasteiger partial charge < -0.3 is 34.4 Å². The van der Waals surface area contributed by atoms with Crippen LogP contribution in [-0.4, -0.2) is 86.5 Å². The molecule has 0 aromatic carbocycles. The monoisotopic (exact) mass is 916 g/mol. The zero-order chi connectivity index (χ0) is 49.9. The normalized spacial score (nSPS) is 25.7. The fourth-order valence-electron chi connectivity index (χ4n) is 10.8. The molecule has 5 unspecified atom stereocenters. The maximum Gasteiger partial charge on any atom is 0.310 e. The molecule has 12 nitrogen and oxygen atoms in total. The largest absolute Gasteiger partial charge is 0.516 e. The van der Waals surface area contributed by atoms with Crippen LogP contribution in [0.3, 0.4) is 0 Å². The van der Waals surface area contributed by atoms with E-state index in [1.807, 2.05) is 96.1 Å². The molecular weight excluding hydrogens is 827 g/mol. The first-order chi connectivity index (χ1) is 29.3. The van der Waals surface area contributed by atoms with Gasteiger partial charge in [-0.25, -0.2) is 0 Å². The summed E-state index contributed by atoms with van der Waals surface area (Å²) in [7, 11) is 0. The number of esters is 4. The van der Waals surface area contributed by atoms with Crippen molar-refractivity contribution in [3.8, 4) is 0 Å². The fourth-order valence-corrected chi connectivity index (χ4v) is 10.8. The number of rotatable bonds is 16. The van der Waals surface area contributed by atoms with Crippen molar-refractivity contribution in [3.05, 3.63) is 35.6 Å². The van der Waals surface area contributed by atoms with Gasteiger partial charge in [0.25, 0.3) is 0 Å². The lowest BCUT2D eigenvalue weighted by molar-refractivity contribution is -0.260. The van der Waals surface area contributed by atoms with Crippen molar-refractivity contribution in [3.63, 3.8) is 0 Å². The van der Waals surface area contributed by atoms with Crippen LogP contribution >= 0.6 is 0 Å². The molecule has 2 aliphatic carbocycles. The molecule has 1 fully saturated rings. The number of hydrogen-bond donors (Lipinski definition) is 3. The minimum atomic E-state index is -1.50. The second kappa shape index (κ2) is 20.6. The number of hydrogen-bond acceptors (Lipinski definition) is 12. The first-order valence-electron chi connectivity index (χ1n) is 24.0. The molecule has 1 aliphatic heterocycles. The average molecular weight is 916 g/mol. The average Bonchev–Trinajstić information content (AvgIpc) is 3.22. The summed E-state index contributed by atoms with van der Waals surface area (Å²) in [6.45, 7) is 35.7. The minimum Gasteiger partial charge on any atom is -0.516 e. The zero-order valence-electron chi connectivity index (χ0n) is 43.6. The van der Waals surface area contributed by atoms with Gasteiger partial charge in [0.15, 0.2) is 0 Å². The predicted molar refractivity (Wildman–Crippen MR) is 254 cm³/mol. The van der Waals surface area contributed by atoms with Crippen molar-refractivity contribution in [1.82, 2.24) is 5.06 Å². The van der Waals surface area contributed by atoms with Crippen LogP contribution in [0.15, 0.2) is 35.6 Å². The van der Waals surface area contributed by atoms with E-state index in [0.29, 0.717) is 38.5 Å². The number of piperidine rings is 1. The molecule has 0 spiro atoms. The van der Waals surface area contributed by atoms with Crippen LogP contribution in [0.5, 0.6) is 0 Å². The molecule has 0 aromatic rings. The highest BCUT2D eigenvalue weighted by atomic mass is 16.6. The van der Waals surface area contributed by atoms with E-state index in [0.717, 1.165) is 11.8 Å². The summed E-state index contributed by atoms with van der Waals surface area (Å²) in [5.74, 6) is -6.10. The lowest BCUT2D eigenvalue weighted by Gasteiger charge is -2.51. The van der Waals surface area contributed by atoms with E-state index in [1.54, 1.807) is 6.08 Å². The second-order valence-electron chi connectivity index (χ2n) is 25.8. The molecule has 1 saturated heterocycles.